The predicted molar refractivity (Wildman–Crippen MR) is 125 cm³/mol. The van der Waals surface area contributed by atoms with Crippen molar-refractivity contribution in [2.45, 2.75) is 52.7 Å². The van der Waals surface area contributed by atoms with Crippen molar-refractivity contribution in [2.75, 3.05) is 20.3 Å². The second-order valence-corrected chi connectivity index (χ2v) is 7.26. The Kier molecular flexibility index (Phi) is 11.0. The van der Waals surface area contributed by atoms with Crippen LogP contribution in [0.1, 0.15) is 51.2 Å². The third-order valence-electron chi connectivity index (χ3n) is 5.06. The number of nitrogens with zero attached hydrogens (tertiary/aromatic N) is 2. The quantitative estimate of drug-likeness (QED) is 0.506. The van der Waals surface area contributed by atoms with Gasteiger partial charge in [-0.3, -0.25) is 10.3 Å². The molecule has 0 spiro atoms. The minimum absolute atomic E-state index is 0.0521. The molecule has 0 radical (unpaired) electrons. The Morgan fingerprint density at radius 2 is 2.00 bits per heavy atom. The van der Waals surface area contributed by atoms with Crippen molar-refractivity contribution in [3.8, 4) is 0 Å². The van der Waals surface area contributed by atoms with Crippen molar-refractivity contribution >= 4 is 5.70 Å². The van der Waals surface area contributed by atoms with Gasteiger partial charge in [0.05, 0.1) is 18.3 Å². The first-order valence-electron chi connectivity index (χ1n) is 11.3. The van der Waals surface area contributed by atoms with Gasteiger partial charge in [0.2, 0.25) is 0 Å². The van der Waals surface area contributed by atoms with Gasteiger partial charge in [-0.15, -0.1) is 0 Å². The zero-order valence-electron chi connectivity index (χ0n) is 19.5. The summed E-state index contributed by atoms with van der Waals surface area (Å²) in [6, 6.07) is 4.69. The maximum atomic E-state index is 14.8. The van der Waals surface area contributed by atoms with Crippen molar-refractivity contribution in [1.29, 1.82) is 0 Å². The van der Waals surface area contributed by atoms with Gasteiger partial charge in [-0.2, -0.15) is 0 Å². The standard InChI is InChI=1S/C23H29F2N3O2.C2H6/c1-3-4-5-6-23-27(2)11-12-28(23)17-19-8-7-18(15-21(19)25)22(16-24)26-30-20-9-13-29-14-10-20;1-2/h4-8,11-12,15-16,20,26H,3,9-10,13-14,17H2,1-2H3;1-2H3/b5-4+,22-16-,23-6+;. The van der Waals surface area contributed by atoms with E-state index in [1.54, 1.807) is 12.1 Å². The molecule has 7 heteroatoms. The van der Waals surface area contributed by atoms with Gasteiger partial charge in [0.25, 0.3) is 0 Å². The van der Waals surface area contributed by atoms with Gasteiger partial charge < -0.3 is 14.5 Å². The first kappa shape index (κ1) is 25.6. The van der Waals surface area contributed by atoms with E-state index < -0.39 is 5.82 Å². The second-order valence-electron chi connectivity index (χ2n) is 7.26. The van der Waals surface area contributed by atoms with Crippen molar-refractivity contribution < 1.29 is 18.4 Å². The van der Waals surface area contributed by atoms with E-state index in [4.69, 9.17) is 9.57 Å². The first-order valence-corrected chi connectivity index (χ1v) is 11.3. The molecule has 1 fully saturated rings. The molecule has 176 valence electrons. The smallest absolute Gasteiger partial charge is 0.128 e. The molecular weight excluding hydrogens is 412 g/mol. The van der Waals surface area contributed by atoms with E-state index in [1.807, 2.05) is 55.2 Å². The summed E-state index contributed by atoms with van der Waals surface area (Å²) in [5.74, 6) is 0.560. The first-order chi connectivity index (χ1) is 15.6. The van der Waals surface area contributed by atoms with Gasteiger partial charge in [0, 0.05) is 43.8 Å². The lowest BCUT2D eigenvalue weighted by Crippen LogP contribution is -2.29. The zero-order chi connectivity index (χ0) is 23.3. The van der Waals surface area contributed by atoms with Gasteiger partial charge in [0.1, 0.15) is 18.0 Å². The molecule has 2 heterocycles. The highest BCUT2D eigenvalue weighted by Gasteiger charge is 2.19. The van der Waals surface area contributed by atoms with Crippen molar-refractivity contribution in [1.82, 2.24) is 15.3 Å². The minimum Gasteiger partial charge on any atom is -0.381 e. The topological polar surface area (TPSA) is 37.0 Å². The van der Waals surface area contributed by atoms with Crippen molar-refractivity contribution in [2.24, 2.45) is 0 Å². The van der Waals surface area contributed by atoms with Crippen LogP contribution in [-0.4, -0.2) is 36.2 Å². The van der Waals surface area contributed by atoms with Crippen LogP contribution in [-0.2, 0) is 16.1 Å². The Morgan fingerprint density at radius 3 is 2.66 bits per heavy atom. The van der Waals surface area contributed by atoms with Crippen LogP contribution in [0.15, 0.2) is 61.0 Å². The molecule has 0 bridgehead atoms. The number of halogens is 2. The Hall–Kier alpha value is -2.64. The van der Waals surface area contributed by atoms with E-state index in [2.05, 4.69) is 18.5 Å². The second kappa shape index (κ2) is 13.7. The lowest BCUT2D eigenvalue weighted by Gasteiger charge is -2.23. The summed E-state index contributed by atoms with van der Waals surface area (Å²) in [5.41, 5.74) is 3.64. The molecule has 2 aliphatic heterocycles. The van der Waals surface area contributed by atoms with Crippen LogP contribution >= 0.6 is 0 Å². The number of ether oxygens (including phenoxy) is 1. The van der Waals surface area contributed by atoms with Crippen LogP contribution in [0.4, 0.5) is 8.78 Å². The Balaban J connectivity index is 0.00000176. The summed E-state index contributed by atoms with van der Waals surface area (Å²) in [7, 11) is 1.95. The average Bonchev–Trinajstić information content (AvgIpc) is 3.17. The lowest BCUT2D eigenvalue weighted by molar-refractivity contribution is -0.0599. The highest BCUT2D eigenvalue weighted by atomic mass is 19.1. The van der Waals surface area contributed by atoms with Crippen LogP contribution in [0.2, 0.25) is 0 Å². The summed E-state index contributed by atoms with van der Waals surface area (Å²) < 4.78 is 33.5. The number of allylic oxidation sites excluding steroid dienone is 3. The summed E-state index contributed by atoms with van der Waals surface area (Å²) in [6.07, 6.45) is 12.7. The van der Waals surface area contributed by atoms with E-state index in [1.165, 1.54) is 6.07 Å². The van der Waals surface area contributed by atoms with Crippen molar-refractivity contribution in [3.05, 3.63) is 77.9 Å². The van der Waals surface area contributed by atoms with E-state index in [0.717, 1.165) is 25.1 Å². The number of nitrogens with one attached hydrogen (secondary N) is 1. The fourth-order valence-corrected chi connectivity index (χ4v) is 3.28. The van der Waals surface area contributed by atoms with Gasteiger partial charge >= 0.3 is 0 Å². The summed E-state index contributed by atoms with van der Waals surface area (Å²) in [6.45, 7) is 7.69. The maximum Gasteiger partial charge on any atom is 0.128 e. The molecule has 1 saturated heterocycles. The average molecular weight is 448 g/mol. The fourth-order valence-electron chi connectivity index (χ4n) is 3.28. The van der Waals surface area contributed by atoms with Crippen LogP contribution < -0.4 is 5.48 Å². The fraction of sp³-hybridized carbons (Fsp3) is 0.440. The molecule has 0 unspecified atom stereocenters. The highest BCUT2D eigenvalue weighted by molar-refractivity contribution is 5.62. The van der Waals surface area contributed by atoms with Crippen LogP contribution in [0.5, 0.6) is 0 Å². The molecule has 1 aromatic rings. The van der Waals surface area contributed by atoms with Gasteiger partial charge in [-0.25, -0.2) is 8.78 Å². The van der Waals surface area contributed by atoms with E-state index in [-0.39, 0.29) is 11.8 Å². The monoisotopic (exact) mass is 447 g/mol. The molecule has 2 aliphatic rings. The SMILES string of the molecule is CC.CC/C=C/C=C1\N(C)C=CN1Cc1ccc(/C(=C/F)NOC2CCOCC2)cc1F. The molecule has 1 aromatic carbocycles. The number of rotatable bonds is 8. The molecule has 3 rings (SSSR count). The Labute approximate surface area is 190 Å². The van der Waals surface area contributed by atoms with Gasteiger partial charge in [0.15, 0.2) is 0 Å². The van der Waals surface area contributed by atoms with Crippen LogP contribution in [0, 0.1) is 5.82 Å². The highest BCUT2D eigenvalue weighted by Crippen LogP contribution is 2.24. The molecule has 0 saturated carbocycles. The normalized spacial score (nSPS) is 18.4. The zero-order valence-corrected chi connectivity index (χ0v) is 19.5. The summed E-state index contributed by atoms with van der Waals surface area (Å²) in [4.78, 5) is 9.49. The Bertz CT molecular complexity index is 830. The summed E-state index contributed by atoms with van der Waals surface area (Å²) in [5, 5.41) is 0. The Morgan fingerprint density at radius 1 is 1.25 bits per heavy atom. The maximum absolute atomic E-state index is 14.8. The number of hydrogen-bond acceptors (Lipinski definition) is 5. The molecule has 0 aliphatic carbocycles. The molecule has 5 nitrogen and oxygen atoms in total. The third-order valence-corrected chi connectivity index (χ3v) is 5.06. The molecule has 0 atom stereocenters. The van der Waals surface area contributed by atoms with E-state index in [9.17, 15) is 8.78 Å². The lowest BCUT2D eigenvalue weighted by atomic mass is 10.1. The molecule has 0 amide bonds. The van der Waals surface area contributed by atoms with Gasteiger partial charge in [-0.05, 0) is 31.4 Å². The van der Waals surface area contributed by atoms with Gasteiger partial charge in [-0.1, -0.05) is 45.1 Å². The van der Waals surface area contributed by atoms with E-state index >= 15 is 0 Å². The number of benzene rings is 1. The largest absolute Gasteiger partial charge is 0.381 e. The molecule has 32 heavy (non-hydrogen) atoms. The molecule has 1 N–H and O–H groups in total. The minimum atomic E-state index is -0.397. The van der Waals surface area contributed by atoms with Crippen LogP contribution in [0.25, 0.3) is 5.70 Å². The van der Waals surface area contributed by atoms with Crippen LogP contribution in [0.3, 0.4) is 0 Å². The number of hydrogen-bond donors (Lipinski definition) is 1. The van der Waals surface area contributed by atoms with Crippen molar-refractivity contribution in [3.63, 3.8) is 0 Å². The predicted octanol–water partition coefficient (Wildman–Crippen LogP) is 5.85. The third kappa shape index (κ3) is 7.21. The summed E-state index contributed by atoms with van der Waals surface area (Å²) >= 11 is 0. The molecular formula is C25H35F2N3O2. The molecule has 0 aromatic heterocycles. The van der Waals surface area contributed by atoms with E-state index in [0.29, 0.717) is 37.2 Å². The number of hydroxylamine groups is 1.